The van der Waals surface area contributed by atoms with Gasteiger partial charge >= 0.3 is 0 Å². The molecular formula is C24H21N3O5S. The minimum atomic E-state index is -3.38. The molecule has 1 fully saturated rings. The summed E-state index contributed by atoms with van der Waals surface area (Å²) in [6, 6.07) is 14.2. The van der Waals surface area contributed by atoms with Crippen molar-refractivity contribution in [2.75, 3.05) is 32.6 Å². The van der Waals surface area contributed by atoms with E-state index in [1.54, 1.807) is 23.2 Å². The molecule has 8 nitrogen and oxygen atoms in total. The maximum absolute atomic E-state index is 12.9. The second-order valence-electron chi connectivity index (χ2n) is 7.83. The lowest BCUT2D eigenvalue weighted by Gasteiger charge is -2.27. The minimum Gasteiger partial charge on any atom is -0.454 e. The summed E-state index contributed by atoms with van der Waals surface area (Å²) < 4.78 is 34.8. The van der Waals surface area contributed by atoms with Crippen LogP contribution < -0.4 is 0 Å². The Bertz CT molecular complexity index is 1440. The quantitative estimate of drug-likeness (QED) is 0.457. The van der Waals surface area contributed by atoms with E-state index in [1.807, 2.05) is 30.3 Å². The lowest BCUT2D eigenvalue weighted by atomic mass is 10.0. The zero-order valence-electron chi connectivity index (χ0n) is 17.9. The van der Waals surface area contributed by atoms with Crippen LogP contribution in [0.25, 0.3) is 33.6 Å². The number of carbonyl (C=O) groups excluding carboxylic acids is 1. The summed E-state index contributed by atoms with van der Waals surface area (Å²) in [6.07, 6.45) is 4.28. The summed E-state index contributed by atoms with van der Waals surface area (Å²) >= 11 is 0. The van der Waals surface area contributed by atoms with Crippen LogP contribution in [0.1, 0.15) is 10.4 Å². The molecule has 1 amide bonds. The molecule has 4 aromatic rings. The highest BCUT2D eigenvalue weighted by Gasteiger charge is 2.20. The van der Waals surface area contributed by atoms with Crippen LogP contribution in [-0.2, 0) is 14.6 Å². The molecule has 0 saturated carbocycles. The summed E-state index contributed by atoms with van der Waals surface area (Å²) in [4.78, 5) is 23.1. The van der Waals surface area contributed by atoms with E-state index in [0.717, 1.165) is 17.4 Å². The van der Waals surface area contributed by atoms with E-state index in [9.17, 15) is 13.2 Å². The first-order chi connectivity index (χ1) is 15.9. The molecule has 0 N–H and O–H groups in total. The fraction of sp³-hybridized carbons (Fsp3) is 0.208. The number of sulfone groups is 1. The van der Waals surface area contributed by atoms with Crippen LogP contribution in [0.2, 0.25) is 0 Å². The molecule has 0 spiro atoms. The molecule has 1 aliphatic rings. The van der Waals surface area contributed by atoms with Gasteiger partial charge in [0.1, 0.15) is 11.3 Å². The largest absolute Gasteiger partial charge is 0.454 e. The maximum atomic E-state index is 12.9. The van der Waals surface area contributed by atoms with Crippen molar-refractivity contribution in [1.82, 2.24) is 14.9 Å². The first-order valence-corrected chi connectivity index (χ1v) is 12.3. The Hall–Kier alpha value is -3.56. The summed E-state index contributed by atoms with van der Waals surface area (Å²) in [7, 11) is -3.38. The van der Waals surface area contributed by atoms with Crippen LogP contribution in [-0.4, -0.2) is 61.8 Å². The van der Waals surface area contributed by atoms with Crippen LogP contribution in [0.15, 0.2) is 70.4 Å². The molecular weight excluding hydrogens is 442 g/mol. The standard InChI is InChI=1S/C24H21N3O5S/c1-33(29,30)22-6-5-18(15-26-22)21-14-20-23(32-21)19(7-8-25-20)16-3-2-4-17(13-16)24(28)27-9-11-31-12-10-27/h2-8,13-15H,9-12H2,1H3. The van der Waals surface area contributed by atoms with Crippen molar-refractivity contribution in [1.29, 1.82) is 0 Å². The van der Waals surface area contributed by atoms with E-state index < -0.39 is 9.84 Å². The Balaban J connectivity index is 1.51. The number of rotatable bonds is 4. The third kappa shape index (κ3) is 4.24. The van der Waals surface area contributed by atoms with Gasteiger partial charge in [-0.25, -0.2) is 13.4 Å². The number of pyridine rings is 2. The molecule has 0 bridgehead atoms. The van der Waals surface area contributed by atoms with Gasteiger partial charge in [0.15, 0.2) is 20.4 Å². The van der Waals surface area contributed by atoms with Crippen molar-refractivity contribution in [2.24, 2.45) is 0 Å². The molecule has 4 heterocycles. The van der Waals surface area contributed by atoms with Gasteiger partial charge in [0.25, 0.3) is 5.91 Å². The zero-order chi connectivity index (χ0) is 23.0. The average Bonchev–Trinajstić information content (AvgIpc) is 3.28. The number of nitrogens with zero attached hydrogens (tertiary/aromatic N) is 3. The van der Waals surface area contributed by atoms with Crippen molar-refractivity contribution in [2.45, 2.75) is 5.03 Å². The highest BCUT2D eigenvalue weighted by Crippen LogP contribution is 2.34. The predicted molar refractivity (Wildman–Crippen MR) is 123 cm³/mol. The number of hydrogen-bond acceptors (Lipinski definition) is 7. The molecule has 1 aliphatic heterocycles. The summed E-state index contributed by atoms with van der Waals surface area (Å²) in [5, 5.41) is 0.00271. The second-order valence-corrected chi connectivity index (χ2v) is 9.79. The second kappa shape index (κ2) is 8.42. The monoisotopic (exact) mass is 463 g/mol. The average molecular weight is 464 g/mol. The van der Waals surface area contributed by atoms with E-state index in [4.69, 9.17) is 9.15 Å². The molecule has 0 unspecified atom stereocenters. The third-order valence-corrected chi connectivity index (χ3v) is 6.53. The molecule has 3 aromatic heterocycles. The molecule has 0 atom stereocenters. The van der Waals surface area contributed by atoms with Gasteiger partial charge in [-0.05, 0) is 35.9 Å². The molecule has 5 rings (SSSR count). The van der Waals surface area contributed by atoms with E-state index >= 15 is 0 Å². The summed E-state index contributed by atoms with van der Waals surface area (Å²) in [5.74, 6) is 0.501. The van der Waals surface area contributed by atoms with Gasteiger partial charge in [-0.1, -0.05) is 12.1 Å². The van der Waals surface area contributed by atoms with Gasteiger partial charge in [0, 0.05) is 54.5 Å². The number of ether oxygens (including phenoxy) is 1. The summed E-state index contributed by atoms with van der Waals surface area (Å²) in [5.41, 5.74) is 4.13. The number of aromatic nitrogens is 2. The molecule has 1 aromatic carbocycles. The molecule has 168 valence electrons. The number of hydrogen-bond donors (Lipinski definition) is 0. The van der Waals surface area contributed by atoms with Crippen LogP contribution in [0.4, 0.5) is 0 Å². The van der Waals surface area contributed by atoms with Crippen molar-refractivity contribution >= 4 is 26.8 Å². The molecule has 1 saturated heterocycles. The van der Waals surface area contributed by atoms with Crippen LogP contribution >= 0.6 is 0 Å². The van der Waals surface area contributed by atoms with Crippen LogP contribution in [0, 0.1) is 0 Å². The first kappa shape index (κ1) is 21.3. The van der Waals surface area contributed by atoms with Crippen LogP contribution in [0.5, 0.6) is 0 Å². The van der Waals surface area contributed by atoms with Gasteiger partial charge in [-0.3, -0.25) is 9.78 Å². The smallest absolute Gasteiger partial charge is 0.254 e. The number of fused-ring (bicyclic) bond motifs is 1. The zero-order valence-corrected chi connectivity index (χ0v) is 18.7. The van der Waals surface area contributed by atoms with Gasteiger partial charge in [-0.2, -0.15) is 0 Å². The number of morpholine rings is 1. The maximum Gasteiger partial charge on any atom is 0.254 e. The molecule has 0 aliphatic carbocycles. The number of furan rings is 1. The van der Waals surface area contributed by atoms with E-state index in [0.29, 0.717) is 54.3 Å². The van der Waals surface area contributed by atoms with Crippen LogP contribution in [0.3, 0.4) is 0 Å². The molecule has 9 heteroatoms. The molecule has 0 radical (unpaired) electrons. The van der Waals surface area contributed by atoms with Crippen molar-refractivity contribution in [3.63, 3.8) is 0 Å². The van der Waals surface area contributed by atoms with Gasteiger partial charge in [0.2, 0.25) is 0 Å². The SMILES string of the molecule is CS(=O)(=O)c1ccc(-c2cc3nccc(-c4cccc(C(=O)N5CCOCC5)c4)c3o2)cn1. The fourth-order valence-corrected chi connectivity index (χ4v) is 4.38. The lowest BCUT2D eigenvalue weighted by molar-refractivity contribution is 0.0303. The van der Waals surface area contributed by atoms with E-state index in [1.165, 1.54) is 12.3 Å². The molecule has 33 heavy (non-hydrogen) atoms. The Morgan fingerprint density at radius 3 is 2.55 bits per heavy atom. The third-order valence-electron chi connectivity index (χ3n) is 5.53. The van der Waals surface area contributed by atoms with E-state index in [2.05, 4.69) is 9.97 Å². The topological polar surface area (TPSA) is 103 Å². The summed E-state index contributed by atoms with van der Waals surface area (Å²) in [6.45, 7) is 2.25. The number of benzene rings is 1. The fourth-order valence-electron chi connectivity index (χ4n) is 3.82. The van der Waals surface area contributed by atoms with Gasteiger partial charge < -0.3 is 14.1 Å². The van der Waals surface area contributed by atoms with Crippen molar-refractivity contribution in [3.8, 4) is 22.5 Å². The van der Waals surface area contributed by atoms with Crippen molar-refractivity contribution in [3.05, 3.63) is 66.5 Å². The highest BCUT2D eigenvalue weighted by molar-refractivity contribution is 7.90. The first-order valence-electron chi connectivity index (χ1n) is 10.4. The Labute approximate surface area is 190 Å². The Kier molecular flexibility index (Phi) is 5.43. The Morgan fingerprint density at radius 2 is 1.82 bits per heavy atom. The van der Waals surface area contributed by atoms with Crippen molar-refractivity contribution < 1.29 is 22.4 Å². The van der Waals surface area contributed by atoms with Gasteiger partial charge in [-0.15, -0.1) is 0 Å². The Morgan fingerprint density at radius 1 is 1.00 bits per heavy atom. The number of amides is 1. The van der Waals surface area contributed by atoms with E-state index in [-0.39, 0.29) is 10.9 Å². The number of carbonyl (C=O) groups is 1. The predicted octanol–water partition coefficient (Wildman–Crippen LogP) is 3.43. The normalized spacial score (nSPS) is 14.5. The van der Waals surface area contributed by atoms with Gasteiger partial charge in [0.05, 0.1) is 13.2 Å². The lowest BCUT2D eigenvalue weighted by Crippen LogP contribution is -2.40. The highest BCUT2D eigenvalue weighted by atomic mass is 32.2. The minimum absolute atomic E-state index is 0.00271.